The van der Waals surface area contributed by atoms with Gasteiger partial charge in [-0.25, -0.2) is 0 Å². The first-order chi connectivity index (χ1) is 12.1. The van der Waals surface area contributed by atoms with Gasteiger partial charge in [0.2, 0.25) is 0 Å². The van der Waals surface area contributed by atoms with E-state index in [9.17, 15) is 0 Å². The second kappa shape index (κ2) is 5.99. The molecule has 0 saturated carbocycles. The van der Waals surface area contributed by atoms with Crippen molar-refractivity contribution in [3.63, 3.8) is 0 Å². The summed E-state index contributed by atoms with van der Waals surface area (Å²) in [6.45, 7) is 8.81. The zero-order valence-corrected chi connectivity index (χ0v) is 15.4. The molecule has 2 aromatic rings. The van der Waals surface area contributed by atoms with E-state index >= 15 is 0 Å². The molecule has 0 atom stereocenters. The molecule has 0 saturated heterocycles. The maximum Gasteiger partial charge on any atom is 0.107 e. The number of hydrogen-bond donors (Lipinski definition) is 0. The highest BCUT2D eigenvalue weighted by Gasteiger charge is 2.13. The number of aryl methyl sites for hydroxylation is 4. The molecule has 4 rings (SSSR count). The Labute approximate surface area is 149 Å². The molecule has 0 fully saturated rings. The van der Waals surface area contributed by atoms with Crippen molar-refractivity contribution in [3.8, 4) is 0 Å². The summed E-state index contributed by atoms with van der Waals surface area (Å²) in [5, 5.41) is 5.09. The van der Waals surface area contributed by atoms with Gasteiger partial charge in [0.05, 0.1) is 10.4 Å². The highest BCUT2D eigenvalue weighted by Crippen LogP contribution is 2.09. The third kappa shape index (κ3) is 2.60. The van der Waals surface area contributed by atoms with Crippen molar-refractivity contribution >= 4 is 17.9 Å². The second-order valence-corrected chi connectivity index (χ2v) is 7.13. The van der Waals surface area contributed by atoms with E-state index in [0.29, 0.717) is 0 Å². The van der Waals surface area contributed by atoms with E-state index in [2.05, 4.69) is 88.4 Å². The van der Waals surface area contributed by atoms with Gasteiger partial charge in [-0.3, -0.25) is 0 Å². The van der Waals surface area contributed by atoms with Crippen LogP contribution in [0.15, 0.2) is 36.4 Å². The average molecular weight is 323 g/mol. The minimum absolute atomic E-state index is 1.01. The number of rotatable bonds is 0. The van der Waals surface area contributed by atoms with E-state index in [1.165, 1.54) is 54.3 Å². The number of allylic oxidation sites excluding steroid dienone is 4. The fraction of sp³-hybridized carbons (Fsp3) is 0.200. The minimum Gasteiger partial charge on any atom is -0.0922 e. The molecule has 0 heterocycles. The first kappa shape index (κ1) is 15.8. The van der Waals surface area contributed by atoms with Gasteiger partial charge < -0.3 is 0 Å². The van der Waals surface area contributed by atoms with Gasteiger partial charge in [0, 0.05) is 35.4 Å². The molecule has 122 valence electrons. The molecule has 2 aliphatic rings. The summed E-state index contributed by atoms with van der Waals surface area (Å²) in [6.07, 6.45) is 16.3. The Morgan fingerprint density at radius 2 is 1.48 bits per heavy atom. The Morgan fingerprint density at radius 3 is 2.28 bits per heavy atom. The predicted octanol–water partition coefficient (Wildman–Crippen LogP) is 2.47. The second-order valence-electron chi connectivity index (χ2n) is 7.13. The molecular weight excluding hydrogens is 300 g/mol. The molecule has 0 N–H and O–H groups in total. The molecule has 2 aliphatic carbocycles. The lowest BCUT2D eigenvalue weighted by Gasteiger charge is -2.10. The van der Waals surface area contributed by atoms with Crippen molar-refractivity contribution in [3.05, 3.63) is 97.1 Å². The van der Waals surface area contributed by atoms with Crippen molar-refractivity contribution in [1.82, 2.24) is 0 Å². The summed E-state index contributed by atoms with van der Waals surface area (Å²) in [4.78, 5) is 0. The molecule has 0 nitrogen and oxygen atoms in total. The van der Waals surface area contributed by atoms with Crippen molar-refractivity contribution in [2.24, 2.45) is 0 Å². The lowest BCUT2D eigenvalue weighted by Crippen LogP contribution is -2.37. The van der Waals surface area contributed by atoms with Gasteiger partial charge in [-0.1, -0.05) is 30.0 Å². The molecule has 0 amide bonds. The zero-order chi connectivity index (χ0) is 17.6. The van der Waals surface area contributed by atoms with E-state index < -0.39 is 0 Å². The predicted molar refractivity (Wildman–Crippen MR) is 107 cm³/mol. The summed E-state index contributed by atoms with van der Waals surface area (Å²) in [5.41, 5.74) is 11.8. The average Bonchev–Trinajstić information content (AvgIpc) is 2.61. The van der Waals surface area contributed by atoms with E-state index in [0.717, 1.165) is 6.42 Å². The van der Waals surface area contributed by atoms with Crippen molar-refractivity contribution in [1.29, 1.82) is 0 Å². The van der Waals surface area contributed by atoms with Crippen LogP contribution in [0.1, 0.15) is 33.4 Å². The minimum atomic E-state index is 1.01. The van der Waals surface area contributed by atoms with Crippen molar-refractivity contribution in [2.75, 3.05) is 0 Å². The Hall–Kier alpha value is -2.69. The van der Waals surface area contributed by atoms with Crippen LogP contribution in [0.4, 0.5) is 0 Å². The van der Waals surface area contributed by atoms with Crippen LogP contribution in [0.2, 0.25) is 0 Å². The molecule has 0 spiro atoms. The van der Waals surface area contributed by atoms with Gasteiger partial charge in [-0.05, 0) is 67.7 Å². The SMILES string of the molecule is Cc1cc(C)c(=C=c2c(C)cc(C)c3c2=CC=CC3)c2c1[CH+]C=CC=2. The normalized spacial score (nSPS) is 13.9. The molecule has 0 radical (unpaired) electrons. The molecule has 25 heavy (non-hydrogen) atoms. The van der Waals surface area contributed by atoms with Gasteiger partial charge in [0.15, 0.2) is 0 Å². The summed E-state index contributed by atoms with van der Waals surface area (Å²) in [5.74, 6) is 0. The number of hydrogen-bond acceptors (Lipinski definition) is 0. The Balaban J connectivity index is 2.32. The highest BCUT2D eigenvalue weighted by molar-refractivity contribution is 5.56. The third-order valence-electron chi connectivity index (χ3n) is 5.32. The molecule has 0 aromatic heterocycles. The van der Waals surface area contributed by atoms with E-state index in [1.54, 1.807) is 0 Å². The highest BCUT2D eigenvalue weighted by atomic mass is 14.1. The van der Waals surface area contributed by atoms with Gasteiger partial charge in [-0.15, -0.1) is 0 Å². The summed E-state index contributed by atoms with van der Waals surface area (Å²) < 4.78 is 0. The van der Waals surface area contributed by atoms with Gasteiger partial charge >= 0.3 is 0 Å². The van der Waals surface area contributed by atoms with Crippen LogP contribution in [-0.2, 0) is 6.42 Å². The molecule has 0 heteroatoms. The third-order valence-corrected chi connectivity index (χ3v) is 5.32. The van der Waals surface area contributed by atoms with Crippen LogP contribution in [0.5, 0.6) is 0 Å². The summed E-state index contributed by atoms with van der Waals surface area (Å²) in [6, 6.07) is 4.59. The zero-order valence-electron chi connectivity index (χ0n) is 15.4. The maximum atomic E-state index is 3.80. The lowest BCUT2D eigenvalue weighted by molar-refractivity contribution is 1.14. The molecule has 0 aliphatic heterocycles. The van der Waals surface area contributed by atoms with Crippen molar-refractivity contribution < 1.29 is 0 Å². The van der Waals surface area contributed by atoms with Crippen LogP contribution >= 0.6 is 0 Å². The largest absolute Gasteiger partial charge is 0.107 e. The van der Waals surface area contributed by atoms with Crippen molar-refractivity contribution in [2.45, 2.75) is 34.1 Å². The first-order valence-corrected chi connectivity index (χ1v) is 8.95. The molecule has 0 bridgehead atoms. The standard InChI is InChI=1S/C25H23/c1-16-13-18(3)24(22-11-7-5-9-20(16)22)15-25-19(4)14-17(2)21-10-6-8-12-23(21)25/h5-9,11-14H,10H2,1-4H3/q+1. The van der Waals surface area contributed by atoms with Gasteiger partial charge in [-0.2, -0.15) is 0 Å². The fourth-order valence-electron chi connectivity index (χ4n) is 4.05. The van der Waals surface area contributed by atoms with Gasteiger partial charge in [0.25, 0.3) is 0 Å². The number of benzene rings is 2. The van der Waals surface area contributed by atoms with Crippen LogP contribution in [0.25, 0.3) is 17.9 Å². The fourth-order valence-corrected chi connectivity index (χ4v) is 4.05. The summed E-state index contributed by atoms with van der Waals surface area (Å²) in [7, 11) is 0. The quantitative estimate of drug-likeness (QED) is 0.654. The van der Waals surface area contributed by atoms with E-state index in [4.69, 9.17) is 0 Å². The van der Waals surface area contributed by atoms with Gasteiger partial charge in [0.1, 0.15) is 5.56 Å². The Bertz CT molecular complexity index is 1100. The Kier molecular flexibility index (Phi) is 3.79. The van der Waals surface area contributed by atoms with Crippen LogP contribution in [0, 0.1) is 34.1 Å². The summed E-state index contributed by atoms with van der Waals surface area (Å²) >= 11 is 0. The number of fused-ring (bicyclic) bond motifs is 2. The van der Waals surface area contributed by atoms with E-state index in [1.807, 2.05) is 0 Å². The van der Waals surface area contributed by atoms with E-state index in [-0.39, 0.29) is 0 Å². The Morgan fingerprint density at radius 1 is 0.800 bits per heavy atom. The topological polar surface area (TPSA) is 0 Å². The first-order valence-electron chi connectivity index (χ1n) is 8.95. The van der Waals surface area contributed by atoms with Crippen LogP contribution in [0.3, 0.4) is 0 Å². The lowest BCUT2D eigenvalue weighted by atomic mass is 9.93. The van der Waals surface area contributed by atoms with Crippen LogP contribution in [-0.4, -0.2) is 0 Å². The maximum absolute atomic E-state index is 3.80. The molecular formula is C25H23+. The monoisotopic (exact) mass is 323 g/mol. The van der Waals surface area contributed by atoms with Crippen LogP contribution < -0.4 is 20.9 Å². The smallest absolute Gasteiger partial charge is 0.0922 e. The molecule has 0 unspecified atom stereocenters. The molecule has 2 aromatic carbocycles.